The number of aromatic nitrogens is 2. The number of nitrogens with two attached hydrogens (primary N) is 1. The Balaban J connectivity index is 1.44. The highest BCUT2D eigenvalue weighted by Crippen LogP contribution is 2.41. The van der Waals surface area contributed by atoms with Crippen LogP contribution in [0.5, 0.6) is 0 Å². The van der Waals surface area contributed by atoms with E-state index in [9.17, 15) is 15.2 Å². The number of nitrogens with one attached hydrogen (secondary N) is 2. The molecular weight excluding hydrogens is 528 g/mol. The Morgan fingerprint density at radius 2 is 2.20 bits per heavy atom. The van der Waals surface area contributed by atoms with Crippen LogP contribution in [0.2, 0.25) is 0 Å². The minimum Gasteiger partial charge on any atom is -0.374 e. The van der Waals surface area contributed by atoms with Gasteiger partial charge in [-0.25, -0.2) is 9.97 Å². The number of benzene rings is 1. The number of aliphatic hydroxyl groups is 1. The largest absolute Gasteiger partial charge is 0.374 e. The first-order valence-electron chi connectivity index (χ1n) is 11.2. The molecular formula is C25H27BrN6O2S. The lowest BCUT2D eigenvalue weighted by Gasteiger charge is -2.26. The minimum absolute atomic E-state index is 0.196. The summed E-state index contributed by atoms with van der Waals surface area (Å²) in [6, 6.07) is 8.91. The summed E-state index contributed by atoms with van der Waals surface area (Å²) in [7, 11) is 0. The van der Waals surface area contributed by atoms with Gasteiger partial charge < -0.3 is 16.2 Å². The third-order valence-electron chi connectivity index (χ3n) is 6.18. The number of fused-ring (bicyclic) bond motifs is 1. The standard InChI is InChI=1S/C25H27BrN6O2S/c1-13-7-8-16(30-22(33)14-5-4-6-15(9-14)25(2,3)12-27)10-17(13)31-23(34)21-19(28)20-24(35-21)29-11-18(26)32-20/h4-7,9-11,16,19,21-22,30,33H,8,28H2,1-3H3,(H,31,34)/t16-,19+,21?,22+/m1/s1. The van der Waals surface area contributed by atoms with Gasteiger partial charge in [-0.1, -0.05) is 42.1 Å². The molecule has 1 amide bonds. The third-order valence-corrected chi connectivity index (χ3v) is 7.86. The number of hydrogen-bond donors (Lipinski definition) is 4. The molecule has 2 heterocycles. The lowest BCUT2D eigenvalue weighted by atomic mass is 9.85. The number of carbonyl (C=O) groups is 1. The molecule has 10 heteroatoms. The van der Waals surface area contributed by atoms with E-state index in [2.05, 4.69) is 42.6 Å². The number of nitriles is 1. The van der Waals surface area contributed by atoms with Gasteiger partial charge in [-0.15, -0.1) is 0 Å². The van der Waals surface area contributed by atoms with Gasteiger partial charge in [0.05, 0.1) is 29.4 Å². The average molecular weight is 556 g/mol. The van der Waals surface area contributed by atoms with Crippen LogP contribution in [0.25, 0.3) is 0 Å². The normalized spacial score (nSPS) is 22.5. The zero-order valence-corrected chi connectivity index (χ0v) is 22.0. The number of nitrogens with zero attached hydrogens (tertiary/aromatic N) is 3. The van der Waals surface area contributed by atoms with E-state index >= 15 is 0 Å². The average Bonchev–Trinajstić information content (AvgIpc) is 3.17. The van der Waals surface area contributed by atoms with Gasteiger partial charge in [0.15, 0.2) is 0 Å². The molecule has 8 nitrogen and oxygen atoms in total. The Hall–Kier alpha value is -2.55. The summed E-state index contributed by atoms with van der Waals surface area (Å²) in [6.45, 7) is 5.62. The monoisotopic (exact) mass is 554 g/mol. The molecule has 1 aliphatic carbocycles. The first-order valence-corrected chi connectivity index (χ1v) is 12.9. The van der Waals surface area contributed by atoms with Gasteiger partial charge in [0, 0.05) is 11.7 Å². The van der Waals surface area contributed by atoms with E-state index in [0.717, 1.165) is 11.1 Å². The van der Waals surface area contributed by atoms with Crippen LogP contribution < -0.4 is 16.4 Å². The van der Waals surface area contributed by atoms with Gasteiger partial charge in [-0.2, -0.15) is 5.26 Å². The second-order valence-electron chi connectivity index (χ2n) is 9.18. The fourth-order valence-electron chi connectivity index (χ4n) is 3.97. The molecule has 1 aromatic heterocycles. The number of halogens is 1. The molecule has 0 radical (unpaired) electrons. The van der Waals surface area contributed by atoms with Crippen LogP contribution in [-0.2, 0) is 10.2 Å². The van der Waals surface area contributed by atoms with Crippen LogP contribution >= 0.6 is 27.7 Å². The molecule has 1 aromatic carbocycles. The van der Waals surface area contributed by atoms with E-state index in [-0.39, 0.29) is 11.9 Å². The Morgan fingerprint density at radius 3 is 2.94 bits per heavy atom. The Kier molecular flexibility index (Phi) is 7.45. The van der Waals surface area contributed by atoms with Crippen molar-refractivity contribution in [2.45, 2.75) is 61.2 Å². The van der Waals surface area contributed by atoms with Crippen LogP contribution in [0.3, 0.4) is 0 Å². The maximum atomic E-state index is 13.1. The number of rotatable bonds is 6. The quantitative estimate of drug-likeness (QED) is 0.398. The molecule has 2 aromatic rings. The van der Waals surface area contributed by atoms with E-state index in [4.69, 9.17) is 5.73 Å². The maximum absolute atomic E-state index is 13.1. The highest BCUT2D eigenvalue weighted by Gasteiger charge is 2.38. The topological polar surface area (TPSA) is 137 Å². The van der Waals surface area contributed by atoms with Crippen molar-refractivity contribution < 1.29 is 9.90 Å². The molecule has 0 saturated heterocycles. The molecule has 1 unspecified atom stereocenters. The van der Waals surface area contributed by atoms with Crippen LogP contribution in [0.4, 0.5) is 0 Å². The Labute approximate surface area is 217 Å². The van der Waals surface area contributed by atoms with Gasteiger partial charge in [0.1, 0.15) is 21.1 Å². The van der Waals surface area contributed by atoms with Gasteiger partial charge in [-0.3, -0.25) is 10.1 Å². The second-order valence-corrected chi connectivity index (χ2v) is 11.1. The molecule has 0 bridgehead atoms. The van der Waals surface area contributed by atoms with Gasteiger partial charge >= 0.3 is 0 Å². The molecule has 4 atom stereocenters. The summed E-state index contributed by atoms with van der Waals surface area (Å²) in [5.41, 5.74) is 9.39. The fraction of sp³-hybridized carbons (Fsp3) is 0.360. The van der Waals surface area contributed by atoms with Crippen molar-refractivity contribution >= 4 is 33.6 Å². The van der Waals surface area contributed by atoms with Gasteiger partial charge in [0.25, 0.3) is 0 Å². The van der Waals surface area contributed by atoms with E-state index in [1.54, 1.807) is 6.20 Å². The summed E-state index contributed by atoms with van der Waals surface area (Å²) in [4.78, 5) is 21.8. The van der Waals surface area contributed by atoms with Gasteiger partial charge in [-0.05, 0) is 65.9 Å². The molecule has 0 saturated carbocycles. The summed E-state index contributed by atoms with van der Waals surface area (Å²) >= 11 is 4.61. The van der Waals surface area contributed by atoms with Crippen molar-refractivity contribution in [2.24, 2.45) is 5.73 Å². The van der Waals surface area contributed by atoms with E-state index in [1.165, 1.54) is 11.8 Å². The molecule has 35 heavy (non-hydrogen) atoms. The molecule has 182 valence electrons. The second kappa shape index (κ2) is 10.2. The fourth-order valence-corrected chi connectivity index (χ4v) is 5.36. The van der Waals surface area contributed by atoms with Crippen molar-refractivity contribution in [3.05, 3.63) is 75.3 Å². The van der Waals surface area contributed by atoms with Crippen molar-refractivity contribution in [3.8, 4) is 6.07 Å². The molecule has 4 rings (SSSR count). The predicted octanol–water partition coefficient (Wildman–Crippen LogP) is 3.51. The van der Waals surface area contributed by atoms with E-state index in [0.29, 0.717) is 33.0 Å². The number of thioether (sulfide) groups is 1. The summed E-state index contributed by atoms with van der Waals surface area (Å²) in [6.07, 6.45) is 5.25. The van der Waals surface area contributed by atoms with Crippen molar-refractivity contribution in [2.75, 3.05) is 0 Å². The number of amides is 1. The minimum atomic E-state index is -0.932. The lowest BCUT2D eigenvalue weighted by Crippen LogP contribution is -2.39. The molecule has 1 aliphatic heterocycles. The zero-order chi connectivity index (χ0) is 25.3. The van der Waals surface area contributed by atoms with Gasteiger partial charge in [0.2, 0.25) is 5.91 Å². The predicted molar refractivity (Wildman–Crippen MR) is 138 cm³/mol. The molecule has 5 N–H and O–H groups in total. The van der Waals surface area contributed by atoms with Crippen molar-refractivity contribution in [1.29, 1.82) is 5.26 Å². The first-order chi connectivity index (χ1) is 16.6. The third kappa shape index (κ3) is 5.50. The number of hydrogen-bond acceptors (Lipinski definition) is 8. The maximum Gasteiger partial charge on any atom is 0.239 e. The first kappa shape index (κ1) is 25.5. The summed E-state index contributed by atoms with van der Waals surface area (Å²) in [5, 5.41) is 26.6. The molecule has 2 aliphatic rings. The Bertz CT molecular complexity index is 1250. The zero-order valence-electron chi connectivity index (χ0n) is 19.6. The summed E-state index contributed by atoms with van der Waals surface area (Å²) in [5.74, 6) is -0.218. The number of aliphatic hydroxyl groups excluding tert-OH is 1. The lowest BCUT2D eigenvalue weighted by molar-refractivity contribution is -0.120. The van der Waals surface area contributed by atoms with Crippen molar-refractivity contribution in [3.63, 3.8) is 0 Å². The van der Waals surface area contributed by atoms with Crippen LogP contribution in [0.15, 0.2) is 63.5 Å². The van der Waals surface area contributed by atoms with Crippen LogP contribution in [0.1, 0.15) is 56.3 Å². The highest BCUT2D eigenvalue weighted by molar-refractivity contribution is 9.10. The number of allylic oxidation sites excluding steroid dienone is 1. The van der Waals surface area contributed by atoms with Crippen LogP contribution in [-0.4, -0.2) is 32.3 Å². The van der Waals surface area contributed by atoms with E-state index < -0.39 is 22.9 Å². The van der Waals surface area contributed by atoms with E-state index in [1.807, 2.05) is 57.2 Å². The van der Waals surface area contributed by atoms with Crippen molar-refractivity contribution in [1.82, 2.24) is 20.6 Å². The smallest absolute Gasteiger partial charge is 0.239 e. The molecule has 0 spiro atoms. The highest BCUT2D eigenvalue weighted by atomic mass is 79.9. The Morgan fingerprint density at radius 1 is 1.43 bits per heavy atom. The number of carbonyl (C=O) groups excluding carboxylic acids is 1. The molecule has 0 fully saturated rings. The van der Waals surface area contributed by atoms with Crippen LogP contribution in [0, 0.1) is 11.3 Å². The SMILES string of the molecule is CC1=CC[C@@H](N[C@@H](O)c2cccc(C(C)(C)C#N)c2)C=C1NC(=O)C1Sc2ncc(Br)nc2[C@@H]1N. The summed E-state index contributed by atoms with van der Waals surface area (Å²) < 4.78 is 0.580.